The van der Waals surface area contributed by atoms with E-state index in [0.717, 1.165) is 5.56 Å². The minimum atomic E-state index is -0.0652. The summed E-state index contributed by atoms with van der Waals surface area (Å²) in [6, 6.07) is 7.57. The highest BCUT2D eigenvalue weighted by Gasteiger charge is 2.09. The maximum Gasteiger partial charge on any atom is 0.127 e. The van der Waals surface area contributed by atoms with Crippen LogP contribution < -0.4 is 9.47 Å². The highest BCUT2D eigenvalue weighted by molar-refractivity contribution is 5.42. The molecule has 0 N–H and O–H groups in total. The van der Waals surface area contributed by atoms with E-state index < -0.39 is 0 Å². The average molecular weight is 235 g/mol. The van der Waals surface area contributed by atoms with E-state index >= 15 is 0 Å². The molecule has 0 aliphatic carbocycles. The van der Waals surface area contributed by atoms with Crippen molar-refractivity contribution in [2.75, 3.05) is 20.8 Å². The first kappa shape index (κ1) is 13.3. The zero-order valence-electron chi connectivity index (χ0n) is 10.4. The molecular weight excluding hydrogens is 218 g/mol. The van der Waals surface area contributed by atoms with Gasteiger partial charge in [0.25, 0.3) is 0 Å². The lowest BCUT2D eigenvalue weighted by atomic mass is 10.1. The van der Waals surface area contributed by atoms with Crippen LogP contribution >= 0.6 is 0 Å². The monoisotopic (exact) mass is 235 g/mol. The number of nitrogens with zero attached hydrogens (tertiary/aromatic N) is 1. The third-order valence-electron chi connectivity index (χ3n) is 2.27. The molecule has 1 aromatic rings. The third-order valence-corrected chi connectivity index (χ3v) is 2.27. The first-order valence-corrected chi connectivity index (χ1v) is 5.40. The van der Waals surface area contributed by atoms with E-state index in [1.165, 1.54) is 0 Å². The zero-order chi connectivity index (χ0) is 12.7. The molecule has 1 rings (SSSR count). The Morgan fingerprint density at radius 2 is 2.12 bits per heavy atom. The maximum absolute atomic E-state index is 8.75. The summed E-state index contributed by atoms with van der Waals surface area (Å²) in [5, 5.41) is 8.75. The van der Waals surface area contributed by atoms with Gasteiger partial charge in [0.15, 0.2) is 0 Å². The second kappa shape index (κ2) is 6.77. The summed E-state index contributed by atoms with van der Waals surface area (Å²) in [5.74, 6) is 1.39. The first-order chi connectivity index (χ1) is 8.21. The molecule has 0 aliphatic heterocycles. The number of nitriles is 1. The van der Waals surface area contributed by atoms with Crippen molar-refractivity contribution in [1.29, 1.82) is 5.26 Å². The smallest absolute Gasteiger partial charge is 0.127 e. The summed E-state index contributed by atoms with van der Waals surface area (Å²) in [6.45, 7) is 2.42. The van der Waals surface area contributed by atoms with Gasteiger partial charge in [0.05, 0.1) is 26.2 Å². The van der Waals surface area contributed by atoms with Crippen LogP contribution in [0.15, 0.2) is 18.2 Å². The van der Waals surface area contributed by atoms with Crippen molar-refractivity contribution in [2.45, 2.75) is 19.4 Å². The van der Waals surface area contributed by atoms with Gasteiger partial charge in [0.2, 0.25) is 0 Å². The summed E-state index contributed by atoms with van der Waals surface area (Å²) in [5.41, 5.74) is 0.858. The molecule has 0 saturated carbocycles. The maximum atomic E-state index is 8.75. The van der Waals surface area contributed by atoms with Crippen LogP contribution in [0.5, 0.6) is 11.5 Å². The number of hydrogen-bond acceptors (Lipinski definition) is 4. The summed E-state index contributed by atoms with van der Waals surface area (Å²) in [4.78, 5) is 0. The molecule has 0 fully saturated rings. The fourth-order valence-electron chi connectivity index (χ4n) is 1.49. The fraction of sp³-hybridized carbons (Fsp3) is 0.462. The van der Waals surface area contributed by atoms with E-state index in [0.29, 0.717) is 24.5 Å². The van der Waals surface area contributed by atoms with Gasteiger partial charge in [0, 0.05) is 18.7 Å². The van der Waals surface area contributed by atoms with Crippen LogP contribution in [0, 0.1) is 11.3 Å². The van der Waals surface area contributed by atoms with Crippen molar-refractivity contribution >= 4 is 0 Å². The van der Waals surface area contributed by atoms with Gasteiger partial charge in [-0.15, -0.1) is 0 Å². The Labute approximate surface area is 102 Å². The number of hydrogen-bond donors (Lipinski definition) is 0. The van der Waals surface area contributed by atoms with Crippen molar-refractivity contribution in [1.82, 2.24) is 0 Å². The number of rotatable bonds is 6. The van der Waals surface area contributed by atoms with Crippen LogP contribution in [-0.2, 0) is 11.2 Å². The van der Waals surface area contributed by atoms with Gasteiger partial charge in [-0.2, -0.15) is 5.26 Å². The molecule has 4 heteroatoms. The molecule has 17 heavy (non-hydrogen) atoms. The fourth-order valence-corrected chi connectivity index (χ4v) is 1.49. The lowest BCUT2D eigenvalue weighted by Crippen LogP contribution is -2.18. The average Bonchev–Trinajstić information content (AvgIpc) is 2.32. The van der Waals surface area contributed by atoms with E-state index in [1.807, 2.05) is 19.1 Å². The predicted molar refractivity (Wildman–Crippen MR) is 64.3 cm³/mol. The molecule has 0 amide bonds. The van der Waals surface area contributed by atoms with Crippen molar-refractivity contribution in [3.63, 3.8) is 0 Å². The molecule has 1 aromatic carbocycles. The van der Waals surface area contributed by atoms with E-state index in [-0.39, 0.29) is 6.10 Å². The molecule has 0 heterocycles. The van der Waals surface area contributed by atoms with Gasteiger partial charge < -0.3 is 14.2 Å². The van der Waals surface area contributed by atoms with Crippen LogP contribution in [0.2, 0.25) is 0 Å². The topological polar surface area (TPSA) is 51.5 Å². The van der Waals surface area contributed by atoms with Crippen LogP contribution in [0.1, 0.15) is 12.5 Å². The Morgan fingerprint density at radius 1 is 1.35 bits per heavy atom. The Hall–Kier alpha value is -1.73. The molecule has 0 saturated heterocycles. The second-order valence-corrected chi connectivity index (χ2v) is 3.69. The lowest BCUT2D eigenvalue weighted by molar-refractivity contribution is 0.0913. The number of benzene rings is 1. The normalized spacial score (nSPS) is 11.6. The molecule has 0 bridgehead atoms. The SMILES string of the molecule is COC[C@@H](C)Oc1cc(OC)ccc1CC#N. The predicted octanol–water partition coefficient (Wildman–Crippen LogP) is 2.17. The van der Waals surface area contributed by atoms with Crippen molar-refractivity contribution in [3.8, 4) is 17.6 Å². The van der Waals surface area contributed by atoms with E-state index in [1.54, 1.807) is 20.3 Å². The van der Waals surface area contributed by atoms with Gasteiger partial charge >= 0.3 is 0 Å². The highest BCUT2D eigenvalue weighted by atomic mass is 16.5. The second-order valence-electron chi connectivity index (χ2n) is 3.69. The molecule has 0 aliphatic rings. The molecule has 0 radical (unpaired) electrons. The standard InChI is InChI=1S/C13H17NO3/c1-10(9-15-2)17-13-8-12(16-3)5-4-11(13)6-7-14/h4-5,8,10H,6,9H2,1-3H3/t10-/m1/s1. The summed E-state index contributed by atoms with van der Waals surface area (Å²) >= 11 is 0. The molecule has 0 unspecified atom stereocenters. The van der Waals surface area contributed by atoms with Crippen molar-refractivity contribution in [2.24, 2.45) is 0 Å². The summed E-state index contributed by atoms with van der Waals surface area (Å²) in [7, 11) is 3.23. The molecule has 1 atom stereocenters. The van der Waals surface area contributed by atoms with Crippen LogP contribution in [0.4, 0.5) is 0 Å². The minimum Gasteiger partial charge on any atom is -0.497 e. The van der Waals surface area contributed by atoms with Crippen molar-refractivity contribution in [3.05, 3.63) is 23.8 Å². The van der Waals surface area contributed by atoms with E-state index in [2.05, 4.69) is 6.07 Å². The lowest BCUT2D eigenvalue weighted by Gasteiger charge is -2.16. The Morgan fingerprint density at radius 3 is 2.71 bits per heavy atom. The van der Waals surface area contributed by atoms with E-state index in [9.17, 15) is 0 Å². The third kappa shape index (κ3) is 3.97. The van der Waals surface area contributed by atoms with Gasteiger partial charge in [0.1, 0.15) is 17.6 Å². The van der Waals surface area contributed by atoms with Gasteiger partial charge in [-0.1, -0.05) is 6.07 Å². The van der Waals surface area contributed by atoms with Gasteiger partial charge in [-0.05, 0) is 13.0 Å². The van der Waals surface area contributed by atoms with Crippen LogP contribution in [0.25, 0.3) is 0 Å². The number of ether oxygens (including phenoxy) is 3. The summed E-state index contributed by atoms with van der Waals surface area (Å²) in [6.07, 6.45) is 0.253. The minimum absolute atomic E-state index is 0.0652. The largest absolute Gasteiger partial charge is 0.497 e. The molecule has 0 aromatic heterocycles. The molecule has 0 spiro atoms. The Kier molecular flexibility index (Phi) is 5.31. The van der Waals surface area contributed by atoms with Gasteiger partial charge in [-0.3, -0.25) is 0 Å². The first-order valence-electron chi connectivity index (χ1n) is 5.40. The summed E-state index contributed by atoms with van der Waals surface area (Å²) < 4.78 is 15.9. The number of methoxy groups -OCH3 is 2. The Bertz CT molecular complexity index is 398. The highest BCUT2D eigenvalue weighted by Crippen LogP contribution is 2.26. The zero-order valence-corrected chi connectivity index (χ0v) is 10.4. The molecule has 4 nitrogen and oxygen atoms in total. The van der Waals surface area contributed by atoms with Crippen molar-refractivity contribution < 1.29 is 14.2 Å². The van der Waals surface area contributed by atoms with Crippen LogP contribution in [-0.4, -0.2) is 26.9 Å². The van der Waals surface area contributed by atoms with E-state index in [4.69, 9.17) is 19.5 Å². The van der Waals surface area contributed by atoms with Crippen LogP contribution in [0.3, 0.4) is 0 Å². The van der Waals surface area contributed by atoms with Gasteiger partial charge in [-0.25, -0.2) is 0 Å². The quantitative estimate of drug-likeness (QED) is 0.758. The Balaban J connectivity index is 2.88. The molecule has 92 valence electrons. The molecular formula is C13H17NO3.